The zero-order valence-corrected chi connectivity index (χ0v) is 12.2. The second-order valence-corrected chi connectivity index (χ2v) is 6.15. The highest BCUT2D eigenvalue weighted by Gasteiger charge is 2.31. The van der Waals surface area contributed by atoms with Gasteiger partial charge < -0.3 is 10.6 Å². The Morgan fingerprint density at radius 2 is 1.89 bits per heavy atom. The Balaban J connectivity index is 1.71. The van der Waals surface area contributed by atoms with Crippen molar-refractivity contribution in [1.82, 2.24) is 4.90 Å². The maximum Gasteiger partial charge on any atom is 0.0413 e. The molecular weight excluding hydrogens is 290 g/mol. The standard InChI is InChI=1S/C14H20BrN3/c15-12-1-4-14(11(9-12)10-16)18-7-5-17(6-8-18)13-2-3-13/h1,4,9,13H,2-3,5-8,10,16H2. The Bertz CT molecular complexity index is 423. The van der Waals surface area contributed by atoms with E-state index in [1.54, 1.807) is 0 Å². The fourth-order valence-corrected chi connectivity index (χ4v) is 3.20. The molecule has 3 nitrogen and oxygen atoms in total. The van der Waals surface area contributed by atoms with Gasteiger partial charge in [-0.05, 0) is 36.6 Å². The molecule has 0 spiro atoms. The van der Waals surface area contributed by atoms with Crippen molar-refractivity contribution in [3.05, 3.63) is 28.2 Å². The molecule has 2 fully saturated rings. The minimum atomic E-state index is 0.609. The van der Waals surface area contributed by atoms with E-state index in [0.29, 0.717) is 6.54 Å². The molecule has 1 heterocycles. The van der Waals surface area contributed by atoms with Crippen LogP contribution in [0.15, 0.2) is 22.7 Å². The summed E-state index contributed by atoms with van der Waals surface area (Å²) in [7, 11) is 0. The molecule has 1 saturated heterocycles. The number of halogens is 1. The predicted molar refractivity (Wildman–Crippen MR) is 78.8 cm³/mol. The van der Waals surface area contributed by atoms with E-state index in [1.165, 1.54) is 37.2 Å². The van der Waals surface area contributed by atoms with Gasteiger partial charge in [-0.15, -0.1) is 0 Å². The minimum Gasteiger partial charge on any atom is -0.369 e. The lowest BCUT2D eigenvalue weighted by atomic mass is 10.1. The van der Waals surface area contributed by atoms with Crippen LogP contribution in [-0.4, -0.2) is 37.1 Å². The van der Waals surface area contributed by atoms with Gasteiger partial charge in [-0.3, -0.25) is 4.90 Å². The van der Waals surface area contributed by atoms with Crippen molar-refractivity contribution < 1.29 is 0 Å². The summed E-state index contributed by atoms with van der Waals surface area (Å²) in [6, 6.07) is 7.34. The Kier molecular flexibility index (Phi) is 3.59. The SMILES string of the molecule is NCc1cc(Br)ccc1N1CCN(C2CC2)CC1. The lowest BCUT2D eigenvalue weighted by Gasteiger charge is -2.37. The number of hydrogen-bond acceptors (Lipinski definition) is 3. The molecule has 0 bridgehead atoms. The first-order chi connectivity index (χ1) is 8.78. The van der Waals surface area contributed by atoms with Gasteiger partial charge in [0.05, 0.1) is 0 Å². The van der Waals surface area contributed by atoms with Gasteiger partial charge in [-0.1, -0.05) is 15.9 Å². The van der Waals surface area contributed by atoms with Crippen molar-refractivity contribution in [3.63, 3.8) is 0 Å². The van der Waals surface area contributed by atoms with Crippen molar-refractivity contribution in [2.45, 2.75) is 25.4 Å². The molecule has 3 rings (SSSR count). The number of anilines is 1. The fraction of sp³-hybridized carbons (Fsp3) is 0.571. The third kappa shape index (κ3) is 2.56. The summed E-state index contributed by atoms with van der Waals surface area (Å²) in [6.07, 6.45) is 2.82. The maximum atomic E-state index is 5.85. The summed E-state index contributed by atoms with van der Waals surface area (Å²) in [5.41, 5.74) is 8.41. The van der Waals surface area contributed by atoms with E-state index >= 15 is 0 Å². The van der Waals surface area contributed by atoms with Crippen LogP contribution in [-0.2, 0) is 6.54 Å². The number of nitrogens with two attached hydrogens (primary N) is 1. The van der Waals surface area contributed by atoms with Crippen LogP contribution in [0.5, 0.6) is 0 Å². The van der Waals surface area contributed by atoms with Crippen LogP contribution in [0, 0.1) is 0 Å². The number of nitrogens with zero attached hydrogens (tertiary/aromatic N) is 2. The fourth-order valence-electron chi connectivity index (χ4n) is 2.79. The molecule has 0 radical (unpaired) electrons. The van der Waals surface area contributed by atoms with Crippen LogP contribution in [0.4, 0.5) is 5.69 Å². The molecule has 2 aliphatic rings. The zero-order valence-electron chi connectivity index (χ0n) is 10.6. The molecule has 98 valence electrons. The molecule has 0 amide bonds. The van der Waals surface area contributed by atoms with Crippen LogP contribution < -0.4 is 10.6 Å². The quantitative estimate of drug-likeness (QED) is 0.929. The molecular formula is C14H20BrN3. The molecule has 0 atom stereocenters. The molecule has 1 saturated carbocycles. The Morgan fingerprint density at radius 1 is 1.17 bits per heavy atom. The molecule has 1 aromatic rings. The highest BCUT2D eigenvalue weighted by molar-refractivity contribution is 9.10. The molecule has 1 aliphatic carbocycles. The van der Waals surface area contributed by atoms with Gasteiger partial charge in [0.2, 0.25) is 0 Å². The van der Waals surface area contributed by atoms with Crippen LogP contribution in [0.2, 0.25) is 0 Å². The van der Waals surface area contributed by atoms with E-state index in [1.807, 2.05) is 0 Å². The molecule has 0 aromatic heterocycles. The first-order valence-corrected chi connectivity index (χ1v) is 7.55. The summed E-state index contributed by atoms with van der Waals surface area (Å²) < 4.78 is 1.11. The van der Waals surface area contributed by atoms with Crippen molar-refractivity contribution in [2.75, 3.05) is 31.1 Å². The van der Waals surface area contributed by atoms with Gasteiger partial charge in [-0.25, -0.2) is 0 Å². The topological polar surface area (TPSA) is 32.5 Å². The zero-order chi connectivity index (χ0) is 12.5. The van der Waals surface area contributed by atoms with Crippen molar-refractivity contribution in [3.8, 4) is 0 Å². The predicted octanol–water partition coefficient (Wildman–Crippen LogP) is 2.19. The molecule has 4 heteroatoms. The lowest BCUT2D eigenvalue weighted by Crippen LogP contribution is -2.47. The van der Waals surface area contributed by atoms with Gasteiger partial charge in [0.15, 0.2) is 0 Å². The maximum absolute atomic E-state index is 5.85. The monoisotopic (exact) mass is 309 g/mol. The van der Waals surface area contributed by atoms with Crippen LogP contribution in [0.3, 0.4) is 0 Å². The first kappa shape index (κ1) is 12.5. The molecule has 0 unspecified atom stereocenters. The minimum absolute atomic E-state index is 0.609. The average Bonchev–Trinajstić information content (AvgIpc) is 3.23. The van der Waals surface area contributed by atoms with E-state index in [2.05, 4.69) is 43.9 Å². The highest BCUT2D eigenvalue weighted by atomic mass is 79.9. The summed E-state index contributed by atoms with van der Waals surface area (Å²) >= 11 is 3.52. The Hall–Kier alpha value is -0.580. The normalized spacial score (nSPS) is 21.3. The Morgan fingerprint density at radius 3 is 2.50 bits per heavy atom. The van der Waals surface area contributed by atoms with Crippen molar-refractivity contribution >= 4 is 21.6 Å². The van der Waals surface area contributed by atoms with Crippen LogP contribution in [0.25, 0.3) is 0 Å². The second-order valence-electron chi connectivity index (χ2n) is 5.23. The van der Waals surface area contributed by atoms with E-state index in [-0.39, 0.29) is 0 Å². The summed E-state index contributed by atoms with van der Waals surface area (Å²) in [5.74, 6) is 0. The number of rotatable bonds is 3. The summed E-state index contributed by atoms with van der Waals surface area (Å²) in [6.45, 7) is 5.27. The summed E-state index contributed by atoms with van der Waals surface area (Å²) in [5, 5.41) is 0. The van der Waals surface area contributed by atoms with Gasteiger partial charge in [0, 0.05) is 48.9 Å². The van der Waals surface area contributed by atoms with Crippen LogP contribution in [0.1, 0.15) is 18.4 Å². The highest BCUT2D eigenvalue weighted by Crippen LogP contribution is 2.30. The number of hydrogen-bond donors (Lipinski definition) is 1. The largest absolute Gasteiger partial charge is 0.369 e. The number of piperazine rings is 1. The van der Waals surface area contributed by atoms with E-state index < -0.39 is 0 Å². The van der Waals surface area contributed by atoms with Gasteiger partial charge in [-0.2, -0.15) is 0 Å². The van der Waals surface area contributed by atoms with Crippen LogP contribution >= 0.6 is 15.9 Å². The van der Waals surface area contributed by atoms with E-state index in [4.69, 9.17) is 5.73 Å². The average molecular weight is 310 g/mol. The summed E-state index contributed by atoms with van der Waals surface area (Å²) in [4.78, 5) is 5.12. The molecule has 2 N–H and O–H groups in total. The van der Waals surface area contributed by atoms with Crippen molar-refractivity contribution in [1.29, 1.82) is 0 Å². The van der Waals surface area contributed by atoms with E-state index in [0.717, 1.165) is 23.6 Å². The third-order valence-electron chi connectivity index (χ3n) is 3.98. The number of benzene rings is 1. The first-order valence-electron chi connectivity index (χ1n) is 6.75. The molecule has 18 heavy (non-hydrogen) atoms. The van der Waals surface area contributed by atoms with E-state index in [9.17, 15) is 0 Å². The second kappa shape index (κ2) is 5.19. The van der Waals surface area contributed by atoms with Gasteiger partial charge >= 0.3 is 0 Å². The smallest absolute Gasteiger partial charge is 0.0413 e. The van der Waals surface area contributed by atoms with Crippen molar-refractivity contribution in [2.24, 2.45) is 5.73 Å². The molecule has 1 aromatic carbocycles. The van der Waals surface area contributed by atoms with Gasteiger partial charge in [0.1, 0.15) is 0 Å². The Labute approximate surface area is 117 Å². The third-order valence-corrected chi connectivity index (χ3v) is 4.47. The lowest BCUT2D eigenvalue weighted by molar-refractivity contribution is 0.248. The molecule has 1 aliphatic heterocycles. The van der Waals surface area contributed by atoms with Gasteiger partial charge in [0.25, 0.3) is 0 Å².